The van der Waals surface area contributed by atoms with Crippen molar-refractivity contribution in [3.8, 4) is 0 Å². The van der Waals surface area contributed by atoms with Crippen LogP contribution in [0.3, 0.4) is 0 Å². The molecule has 0 aromatic heterocycles. The fourth-order valence-electron chi connectivity index (χ4n) is 0.990. The quantitative estimate of drug-likeness (QED) is 0.558. The van der Waals surface area contributed by atoms with E-state index < -0.39 is 0 Å². The van der Waals surface area contributed by atoms with E-state index in [0.29, 0.717) is 0 Å². The zero-order valence-electron chi connectivity index (χ0n) is 6.92. The lowest BCUT2D eigenvalue weighted by Crippen LogP contribution is -1.91. The van der Waals surface area contributed by atoms with E-state index in [1.54, 1.807) is 6.92 Å². The molecule has 0 atom stereocenters. The number of carbonyl (C=O) groups is 1. The van der Waals surface area contributed by atoms with Crippen LogP contribution in [0.5, 0.6) is 0 Å². The highest BCUT2D eigenvalue weighted by Crippen LogP contribution is 2.10. The number of carbonyl (C=O) groups excluding carboxylic acids is 1. The molecule has 1 aliphatic rings. The summed E-state index contributed by atoms with van der Waals surface area (Å²) in [5.41, 5.74) is 2.04. The van der Waals surface area contributed by atoms with Crippen LogP contribution in [0.25, 0.3) is 0 Å². The summed E-state index contributed by atoms with van der Waals surface area (Å²) < 4.78 is 0. The van der Waals surface area contributed by atoms with Gasteiger partial charge < -0.3 is 0 Å². The zero-order valence-corrected chi connectivity index (χ0v) is 6.92. The summed E-state index contributed by atoms with van der Waals surface area (Å²) in [6, 6.07) is 0. The van der Waals surface area contributed by atoms with Gasteiger partial charge in [0.05, 0.1) is 0 Å². The molecule has 1 nitrogen and oxygen atoms in total. The summed E-state index contributed by atoms with van der Waals surface area (Å²) in [6.45, 7) is 3.63. The van der Waals surface area contributed by atoms with Crippen molar-refractivity contribution in [1.82, 2.24) is 0 Å². The van der Waals surface area contributed by atoms with Gasteiger partial charge in [-0.3, -0.25) is 4.79 Å². The van der Waals surface area contributed by atoms with Gasteiger partial charge in [-0.2, -0.15) is 0 Å². The molecule has 0 saturated carbocycles. The largest absolute Gasteiger partial charge is 0.295 e. The first-order valence-corrected chi connectivity index (χ1v) is 3.76. The lowest BCUT2D eigenvalue weighted by atomic mass is 10.1. The van der Waals surface area contributed by atoms with Gasteiger partial charge in [0.15, 0.2) is 5.78 Å². The normalized spacial score (nSPS) is 16.9. The van der Waals surface area contributed by atoms with Crippen LogP contribution in [0, 0.1) is 0 Å². The molecule has 0 bridgehead atoms. The number of ketones is 1. The summed E-state index contributed by atoms with van der Waals surface area (Å²) in [5, 5.41) is 0. The minimum absolute atomic E-state index is 0.143. The van der Waals surface area contributed by atoms with Crippen molar-refractivity contribution in [1.29, 1.82) is 0 Å². The van der Waals surface area contributed by atoms with Crippen molar-refractivity contribution >= 4 is 5.78 Å². The molecule has 0 amide bonds. The second kappa shape index (κ2) is 3.33. The average molecular weight is 148 g/mol. The van der Waals surface area contributed by atoms with Gasteiger partial charge in [0.25, 0.3) is 0 Å². The van der Waals surface area contributed by atoms with Crippen molar-refractivity contribution in [2.24, 2.45) is 0 Å². The molecule has 0 aromatic rings. The van der Waals surface area contributed by atoms with Crippen LogP contribution in [0.4, 0.5) is 0 Å². The molecular formula is C10H12O. The van der Waals surface area contributed by atoms with Gasteiger partial charge in [-0.15, -0.1) is 0 Å². The molecule has 58 valence electrons. The Labute approximate surface area is 67.1 Å². The maximum atomic E-state index is 10.9. The molecule has 0 fully saturated rings. The smallest absolute Gasteiger partial charge is 0.159 e. The van der Waals surface area contributed by atoms with E-state index in [-0.39, 0.29) is 5.78 Å². The topological polar surface area (TPSA) is 17.1 Å². The van der Waals surface area contributed by atoms with E-state index in [4.69, 9.17) is 0 Å². The SMILES string of the molecule is CC(=O)C1=CCC=C(C)C=C1. The third-order valence-corrected chi connectivity index (χ3v) is 1.71. The molecule has 0 N–H and O–H groups in total. The van der Waals surface area contributed by atoms with E-state index in [2.05, 4.69) is 6.08 Å². The van der Waals surface area contributed by atoms with Crippen LogP contribution in [0.2, 0.25) is 0 Å². The molecule has 0 aliphatic heterocycles. The summed E-state index contributed by atoms with van der Waals surface area (Å²) in [7, 11) is 0. The highest BCUT2D eigenvalue weighted by atomic mass is 16.1. The molecule has 11 heavy (non-hydrogen) atoms. The van der Waals surface area contributed by atoms with Gasteiger partial charge in [-0.05, 0) is 20.3 Å². The van der Waals surface area contributed by atoms with Crippen molar-refractivity contribution in [2.75, 3.05) is 0 Å². The van der Waals surface area contributed by atoms with E-state index in [0.717, 1.165) is 12.0 Å². The van der Waals surface area contributed by atoms with E-state index in [1.165, 1.54) is 5.57 Å². The zero-order chi connectivity index (χ0) is 8.27. The number of allylic oxidation sites excluding steroid dienone is 6. The van der Waals surface area contributed by atoms with Crippen molar-refractivity contribution < 1.29 is 4.79 Å². The van der Waals surface area contributed by atoms with Gasteiger partial charge in [-0.1, -0.05) is 29.9 Å². The third-order valence-electron chi connectivity index (χ3n) is 1.71. The van der Waals surface area contributed by atoms with E-state index >= 15 is 0 Å². The molecule has 1 aliphatic carbocycles. The fourth-order valence-corrected chi connectivity index (χ4v) is 0.990. The van der Waals surface area contributed by atoms with Gasteiger partial charge in [0.2, 0.25) is 0 Å². The number of hydrogen-bond donors (Lipinski definition) is 0. The lowest BCUT2D eigenvalue weighted by molar-refractivity contribution is -0.113. The third kappa shape index (κ3) is 2.19. The molecule has 0 spiro atoms. The predicted octanol–water partition coefficient (Wildman–Crippen LogP) is 2.41. The van der Waals surface area contributed by atoms with Crippen molar-refractivity contribution in [3.05, 3.63) is 35.5 Å². The number of Topliss-reactive ketones (excluding diaryl/α,β-unsaturated/α-hetero) is 1. The predicted molar refractivity (Wildman–Crippen MR) is 46.3 cm³/mol. The highest BCUT2D eigenvalue weighted by Gasteiger charge is 1.99. The molecule has 0 aromatic carbocycles. The molecule has 0 unspecified atom stereocenters. The van der Waals surface area contributed by atoms with Crippen LogP contribution in [0.1, 0.15) is 20.3 Å². The molecular weight excluding hydrogens is 136 g/mol. The van der Waals surface area contributed by atoms with E-state index in [1.807, 2.05) is 25.2 Å². The van der Waals surface area contributed by atoms with Gasteiger partial charge >= 0.3 is 0 Å². The second-order valence-corrected chi connectivity index (χ2v) is 2.73. The highest BCUT2D eigenvalue weighted by molar-refractivity contribution is 5.96. The van der Waals surface area contributed by atoms with E-state index in [9.17, 15) is 4.79 Å². The molecule has 0 radical (unpaired) electrons. The van der Waals surface area contributed by atoms with Crippen LogP contribution < -0.4 is 0 Å². The Hall–Kier alpha value is -1.11. The standard InChI is InChI=1S/C10H12O/c1-8-4-3-5-10(7-6-8)9(2)11/h4-7H,3H2,1-2H3. The van der Waals surface area contributed by atoms with Crippen LogP contribution in [0.15, 0.2) is 35.5 Å². The summed E-state index contributed by atoms with van der Waals surface area (Å²) in [6.07, 6.45) is 8.77. The molecule has 1 rings (SSSR count). The Morgan fingerprint density at radius 3 is 2.73 bits per heavy atom. The van der Waals surface area contributed by atoms with Gasteiger partial charge in [0, 0.05) is 5.57 Å². The summed E-state index contributed by atoms with van der Waals surface area (Å²) in [5.74, 6) is 0.143. The fraction of sp³-hybridized carbons (Fsp3) is 0.300. The maximum Gasteiger partial charge on any atom is 0.159 e. The Bertz CT molecular complexity index is 254. The minimum Gasteiger partial charge on any atom is -0.295 e. The minimum atomic E-state index is 0.143. The molecule has 1 heteroatoms. The van der Waals surface area contributed by atoms with Gasteiger partial charge in [0.1, 0.15) is 0 Å². The van der Waals surface area contributed by atoms with Crippen molar-refractivity contribution in [3.63, 3.8) is 0 Å². The summed E-state index contributed by atoms with van der Waals surface area (Å²) >= 11 is 0. The monoisotopic (exact) mass is 148 g/mol. The molecule has 0 heterocycles. The van der Waals surface area contributed by atoms with Crippen LogP contribution in [-0.4, -0.2) is 5.78 Å². The first kappa shape index (κ1) is 7.99. The molecule has 0 saturated heterocycles. The average Bonchev–Trinajstić information content (AvgIpc) is 2.13. The Kier molecular flexibility index (Phi) is 2.42. The number of rotatable bonds is 1. The Morgan fingerprint density at radius 1 is 1.36 bits per heavy atom. The van der Waals surface area contributed by atoms with Gasteiger partial charge in [-0.25, -0.2) is 0 Å². The maximum absolute atomic E-state index is 10.9. The van der Waals surface area contributed by atoms with Crippen LogP contribution in [-0.2, 0) is 4.79 Å². The Morgan fingerprint density at radius 2 is 2.09 bits per heavy atom. The van der Waals surface area contributed by atoms with Crippen molar-refractivity contribution in [2.45, 2.75) is 20.3 Å². The Balaban J connectivity index is 2.82. The van der Waals surface area contributed by atoms with Crippen LogP contribution >= 0.6 is 0 Å². The summed E-state index contributed by atoms with van der Waals surface area (Å²) in [4.78, 5) is 10.9. The lowest BCUT2D eigenvalue weighted by Gasteiger charge is -1.90. The first-order chi connectivity index (χ1) is 5.20. The first-order valence-electron chi connectivity index (χ1n) is 3.76. The number of hydrogen-bond acceptors (Lipinski definition) is 1. The second-order valence-electron chi connectivity index (χ2n) is 2.73.